The Morgan fingerprint density at radius 3 is 2.88 bits per heavy atom. The van der Waals surface area contributed by atoms with E-state index in [0.29, 0.717) is 11.9 Å². The highest BCUT2D eigenvalue weighted by atomic mass is 16.5. The minimum absolute atomic E-state index is 0.577. The molecule has 0 fully saturated rings. The van der Waals surface area contributed by atoms with Crippen molar-refractivity contribution in [2.75, 3.05) is 12.8 Å². The van der Waals surface area contributed by atoms with Gasteiger partial charge in [-0.25, -0.2) is 4.98 Å². The van der Waals surface area contributed by atoms with Crippen LogP contribution >= 0.6 is 0 Å². The zero-order chi connectivity index (χ0) is 12.4. The van der Waals surface area contributed by atoms with Gasteiger partial charge in [0.2, 0.25) is 5.95 Å². The number of aromatic nitrogens is 2. The molecule has 0 bridgehead atoms. The lowest BCUT2D eigenvalue weighted by Crippen LogP contribution is -2.09. The van der Waals surface area contributed by atoms with Crippen molar-refractivity contribution in [3.8, 4) is 5.75 Å². The summed E-state index contributed by atoms with van der Waals surface area (Å²) in [4.78, 5) is 4.36. The molecule has 1 aromatic carbocycles. The highest BCUT2D eigenvalue weighted by Crippen LogP contribution is 2.24. The van der Waals surface area contributed by atoms with Gasteiger partial charge in [-0.05, 0) is 18.1 Å². The van der Waals surface area contributed by atoms with Gasteiger partial charge in [-0.15, -0.1) is 0 Å². The van der Waals surface area contributed by atoms with Crippen LogP contribution in [0.4, 0.5) is 5.95 Å². The summed E-state index contributed by atoms with van der Waals surface area (Å²) >= 11 is 0. The van der Waals surface area contributed by atoms with Crippen LogP contribution in [0.3, 0.4) is 0 Å². The molecule has 0 saturated carbocycles. The first-order valence-electron chi connectivity index (χ1n) is 5.95. The van der Waals surface area contributed by atoms with E-state index in [-0.39, 0.29) is 0 Å². The maximum Gasteiger partial charge on any atom is 0.201 e. The van der Waals surface area contributed by atoms with Crippen LogP contribution in [0.2, 0.25) is 0 Å². The Morgan fingerprint density at radius 1 is 1.47 bits per heavy atom. The Hall–Kier alpha value is -1.71. The van der Waals surface area contributed by atoms with Crippen molar-refractivity contribution in [3.63, 3.8) is 0 Å². The Labute approximate surface area is 101 Å². The maximum atomic E-state index is 5.96. The molecule has 17 heavy (non-hydrogen) atoms. The molecule has 1 unspecified atom stereocenters. The van der Waals surface area contributed by atoms with Crippen LogP contribution in [0.15, 0.2) is 18.2 Å². The van der Waals surface area contributed by atoms with E-state index >= 15 is 0 Å². The third-order valence-corrected chi connectivity index (χ3v) is 3.18. The molecule has 0 aliphatic heterocycles. The molecule has 2 N–H and O–H groups in total. The number of fused-ring (bicyclic) bond motifs is 1. The van der Waals surface area contributed by atoms with Crippen LogP contribution in [-0.4, -0.2) is 16.7 Å². The predicted molar refractivity (Wildman–Crippen MR) is 70.2 cm³/mol. The monoisotopic (exact) mass is 233 g/mol. The Balaban J connectivity index is 2.48. The van der Waals surface area contributed by atoms with Crippen molar-refractivity contribution in [2.45, 2.75) is 26.8 Å². The predicted octanol–water partition coefficient (Wildman–Crippen LogP) is 2.67. The van der Waals surface area contributed by atoms with E-state index in [9.17, 15) is 0 Å². The van der Waals surface area contributed by atoms with E-state index < -0.39 is 0 Å². The van der Waals surface area contributed by atoms with E-state index in [0.717, 1.165) is 29.7 Å². The number of ether oxygens (including phenoxy) is 1. The molecule has 0 radical (unpaired) electrons. The number of nitrogen functional groups attached to an aromatic ring is 1. The van der Waals surface area contributed by atoms with Gasteiger partial charge in [0.25, 0.3) is 0 Å². The van der Waals surface area contributed by atoms with E-state index in [4.69, 9.17) is 10.5 Å². The number of hydrogen-bond acceptors (Lipinski definition) is 3. The van der Waals surface area contributed by atoms with Gasteiger partial charge in [0.15, 0.2) is 0 Å². The van der Waals surface area contributed by atoms with Crippen molar-refractivity contribution < 1.29 is 4.74 Å². The van der Waals surface area contributed by atoms with Crippen LogP contribution in [0.1, 0.15) is 20.3 Å². The number of rotatable bonds is 4. The first-order chi connectivity index (χ1) is 8.15. The van der Waals surface area contributed by atoms with Crippen LogP contribution < -0.4 is 10.5 Å². The fourth-order valence-corrected chi connectivity index (χ4v) is 1.88. The normalized spacial score (nSPS) is 12.9. The van der Waals surface area contributed by atoms with Gasteiger partial charge in [-0.3, -0.25) is 0 Å². The SMILES string of the molecule is CCC(C)Cn1c(N)nc2ccc(OC)cc21. The zero-order valence-electron chi connectivity index (χ0n) is 10.6. The molecule has 0 amide bonds. The lowest BCUT2D eigenvalue weighted by atomic mass is 10.1. The fourth-order valence-electron chi connectivity index (χ4n) is 1.88. The standard InChI is InChI=1S/C13H19N3O/c1-4-9(2)8-16-12-7-10(17-3)5-6-11(12)15-13(16)14/h5-7,9H,4,8H2,1-3H3,(H2,14,15). The van der Waals surface area contributed by atoms with Crippen molar-refractivity contribution in [3.05, 3.63) is 18.2 Å². The molecule has 0 aliphatic carbocycles. The van der Waals surface area contributed by atoms with E-state index in [1.54, 1.807) is 7.11 Å². The summed E-state index contributed by atoms with van der Waals surface area (Å²) in [6.45, 7) is 5.29. The molecule has 1 aromatic heterocycles. The number of imidazole rings is 1. The minimum Gasteiger partial charge on any atom is -0.497 e. The summed E-state index contributed by atoms with van der Waals surface area (Å²) < 4.78 is 7.30. The largest absolute Gasteiger partial charge is 0.497 e. The summed E-state index contributed by atoms with van der Waals surface area (Å²) in [5.41, 5.74) is 7.93. The number of benzene rings is 1. The third-order valence-electron chi connectivity index (χ3n) is 3.18. The van der Waals surface area contributed by atoms with Crippen molar-refractivity contribution in [1.29, 1.82) is 0 Å². The molecule has 1 atom stereocenters. The molecule has 4 nitrogen and oxygen atoms in total. The van der Waals surface area contributed by atoms with Crippen molar-refractivity contribution >= 4 is 17.0 Å². The summed E-state index contributed by atoms with van der Waals surface area (Å²) in [7, 11) is 1.67. The first kappa shape index (κ1) is 11.8. The number of nitrogens with zero attached hydrogens (tertiary/aromatic N) is 2. The zero-order valence-corrected chi connectivity index (χ0v) is 10.6. The molecular formula is C13H19N3O. The molecule has 2 aromatic rings. The highest BCUT2D eigenvalue weighted by molar-refractivity contribution is 5.79. The van der Waals surface area contributed by atoms with Gasteiger partial charge in [0.05, 0.1) is 18.1 Å². The maximum absolute atomic E-state index is 5.96. The van der Waals surface area contributed by atoms with Crippen LogP contribution in [-0.2, 0) is 6.54 Å². The lowest BCUT2D eigenvalue weighted by molar-refractivity contribution is 0.415. The number of anilines is 1. The van der Waals surface area contributed by atoms with E-state index in [1.165, 1.54) is 0 Å². The average Bonchev–Trinajstić information content (AvgIpc) is 2.65. The van der Waals surface area contributed by atoms with Gasteiger partial charge in [-0.2, -0.15) is 0 Å². The number of nitrogens with two attached hydrogens (primary N) is 1. The van der Waals surface area contributed by atoms with E-state index in [2.05, 4.69) is 23.4 Å². The van der Waals surface area contributed by atoms with Crippen molar-refractivity contribution in [1.82, 2.24) is 9.55 Å². The topological polar surface area (TPSA) is 53.1 Å². The quantitative estimate of drug-likeness (QED) is 0.883. The highest BCUT2D eigenvalue weighted by Gasteiger charge is 2.11. The van der Waals surface area contributed by atoms with Crippen LogP contribution in [0, 0.1) is 5.92 Å². The second kappa shape index (κ2) is 4.65. The summed E-state index contributed by atoms with van der Waals surface area (Å²) in [6.07, 6.45) is 1.13. The smallest absolute Gasteiger partial charge is 0.201 e. The van der Waals surface area contributed by atoms with Gasteiger partial charge >= 0.3 is 0 Å². The minimum atomic E-state index is 0.577. The molecule has 0 spiro atoms. The molecule has 92 valence electrons. The van der Waals surface area contributed by atoms with Gasteiger partial charge in [-0.1, -0.05) is 20.3 Å². The average molecular weight is 233 g/mol. The van der Waals surface area contributed by atoms with Gasteiger partial charge < -0.3 is 15.0 Å². The van der Waals surface area contributed by atoms with Gasteiger partial charge in [0, 0.05) is 12.6 Å². The molecule has 0 aliphatic rings. The van der Waals surface area contributed by atoms with Crippen LogP contribution in [0.25, 0.3) is 11.0 Å². The summed E-state index contributed by atoms with van der Waals surface area (Å²) in [5.74, 6) is 2.00. The fraction of sp³-hybridized carbons (Fsp3) is 0.462. The molecular weight excluding hydrogens is 214 g/mol. The second-order valence-electron chi connectivity index (χ2n) is 4.45. The molecule has 2 rings (SSSR count). The van der Waals surface area contributed by atoms with Crippen molar-refractivity contribution in [2.24, 2.45) is 5.92 Å². The molecule has 1 heterocycles. The Morgan fingerprint density at radius 2 is 2.24 bits per heavy atom. The lowest BCUT2D eigenvalue weighted by Gasteiger charge is -2.12. The van der Waals surface area contributed by atoms with E-state index in [1.807, 2.05) is 18.2 Å². The number of methoxy groups -OCH3 is 1. The Bertz CT molecular complexity index is 519. The third kappa shape index (κ3) is 2.20. The second-order valence-corrected chi connectivity index (χ2v) is 4.45. The van der Waals surface area contributed by atoms with Gasteiger partial charge in [0.1, 0.15) is 5.75 Å². The molecule has 0 saturated heterocycles. The molecule has 4 heteroatoms. The number of hydrogen-bond donors (Lipinski definition) is 1. The Kier molecular flexibility index (Phi) is 3.22. The first-order valence-corrected chi connectivity index (χ1v) is 5.95. The van der Waals surface area contributed by atoms with Crippen LogP contribution in [0.5, 0.6) is 5.75 Å². The summed E-state index contributed by atoms with van der Waals surface area (Å²) in [5, 5.41) is 0. The summed E-state index contributed by atoms with van der Waals surface area (Å²) in [6, 6.07) is 5.83.